The van der Waals surface area contributed by atoms with Crippen LogP contribution < -0.4 is 4.90 Å². The summed E-state index contributed by atoms with van der Waals surface area (Å²) in [5.41, 5.74) is 1.92. The third-order valence-corrected chi connectivity index (χ3v) is 5.97. The summed E-state index contributed by atoms with van der Waals surface area (Å²) in [6, 6.07) is 3.85. The molecule has 4 heterocycles. The number of hydrogen-bond donors (Lipinski definition) is 0. The van der Waals surface area contributed by atoms with Crippen molar-refractivity contribution in [2.45, 2.75) is 19.4 Å². The van der Waals surface area contributed by atoms with Crippen molar-refractivity contribution in [2.75, 3.05) is 18.0 Å². The molecule has 8 heteroatoms. The lowest BCUT2D eigenvalue weighted by Gasteiger charge is -2.30. The van der Waals surface area contributed by atoms with Crippen molar-refractivity contribution in [3.63, 3.8) is 0 Å². The van der Waals surface area contributed by atoms with Crippen molar-refractivity contribution in [2.24, 2.45) is 5.92 Å². The number of rotatable bonds is 5. The molecule has 3 aromatic rings. The van der Waals surface area contributed by atoms with Gasteiger partial charge >= 0.3 is 5.97 Å². The molecule has 1 aliphatic rings. The zero-order valence-corrected chi connectivity index (χ0v) is 15.7. The Morgan fingerprint density at radius 2 is 2.04 bits per heavy atom. The van der Waals surface area contributed by atoms with Gasteiger partial charge in [-0.15, -0.1) is 11.3 Å². The van der Waals surface area contributed by atoms with Crippen LogP contribution in [0, 0.1) is 5.92 Å². The number of ether oxygens (including phenoxy) is 1. The molecular weight excluding hydrogens is 368 g/mol. The van der Waals surface area contributed by atoms with E-state index in [4.69, 9.17) is 4.74 Å². The number of anilines is 1. The maximum absolute atomic E-state index is 12.4. The lowest BCUT2D eigenvalue weighted by molar-refractivity contribution is -0.150. The summed E-state index contributed by atoms with van der Waals surface area (Å²) in [5.74, 6) is 0.524. The van der Waals surface area contributed by atoms with Crippen molar-refractivity contribution >= 4 is 34.6 Å². The van der Waals surface area contributed by atoms with Crippen LogP contribution in [0.4, 0.5) is 5.95 Å². The molecule has 4 rings (SSSR count). The van der Waals surface area contributed by atoms with E-state index in [1.54, 1.807) is 41.1 Å². The van der Waals surface area contributed by atoms with E-state index in [-0.39, 0.29) is 18.5 Å². The molecule has 0 bridgehead atoms. The van der Waals surface area contributed by atoms with E-state index < -0.39 is 0 Å². The van der Waals surface area contributed by atoms with Crippen molar-refractivity contribution in [3.05, 3.63) is 46.4 Å². The molecule has 0 spiro atoms. The lowest BCUT2D eigenvalue weighted by atomic mass is 9.97. The lowest BCUT2D eigenvalue weighted by Crippen LogP contribution is -2.37. The van der Waals surface area contributed by atoms with Crippen molar-refractivity contribution < 1.29 is 9.53 Å². The van der Waals surface area contributed by atoms with Gasteiger partial charge in [0, 0.05) is 41.8 Å². The Labute approximate surface area is 159 Å². The highest BCUT2D eigenvalue weighted by atomic mass is 32.1. The van der Waals surface area contributed by atoms with Gasteiger partial charge in [0.1, 0.15) is 11.6 Å². The van der Waals surface area contributed by atoms with Gasteiger partial charge in [0.2, 0.25) is 5.95 Å². The standard InChI is InChI=1S/C18H18N4O2S2/c23-17(13-2-7-22(8-3-13)18-19-5-1-6-20-18)24-10-15-12-26-16(21-15)14-4-9-25-11-14/h1,4-6,9,11-13H,2-3,7-8,10H2. The number of hydrogen-bond acceptors (Lipinski definition) is 8. The van der Waals surface area contributed by atoms with Crippen LogP contribution in [0.15, 0.2) is 40.7 Å². The van der Waals surface area contributed by atoms with Crippen LogP contribution in [-0.4, -0.2) is 34.0 Å². The minimum absolute atomic E-state index is 0.0649. The number of esters is 1. The summed E-state index contributed by atoms with van der Waals surface area (Å²) in [5, 5.41) is 7.02. The fraction of sp³-hybridized carbons (Fsp3) is 0.333. The number of nitrogens with zero attached hydrogens (tertiary/aromatic N) is 4. The molecule has 134 valence electrons. The zero-order valence-electron chi connectivity index (χ0n) is 14.1. The number of piperidine rings is 1. The first-order chi connectivity index (χ1) is 12.8. The van der Waals surface area contributed by atoms with E-state index in [1.807, 2.05) is 16.8 Å². The fourth-order valence-electron chi connectivity index (χ4n) is 2.92. The third-order valence-electron chi connectivity index (χ3n) is 4.35. The van der Waals surface area contributed by atoms with Gasteiger partial charge in [-0.25, -0.2) is 15.0 Å². The van der Waals surface area contributed by atoms with Crippen LogP contribution in [0.1, 0.15) is 18.5 Å². The van der Waals surface area contributed by atoms with E-state index in [1.165, 1.54) is 0 Å². The monoisotopic (exact) mass is 386 g/mol. The van der Waals surface area contributed by atoms with Gasteiger partial charge in [-0.05, 0) is 30.4 Å². The maximum atomic E-state index is 12.4. The number of carbonyl (C=O) groups is 1. The van der Waals surface area contributed by atoms with Gasteiger partial charge in [-0.1, -0.05) is 0 Å². The molecule has 0 saturated carbocycles. The Morgan fingerprint density at radius 1 is 1.23 bits per heavy atom. The molecule has 0 amide bonds. The minimum atomic E-state index is -0.135. The molecule has 0 N–H and O–H groups in total. The van der Waals surface area contributed by atoms with Gasteiger partial charge in [-0.2, -0.15) is 11.3 Å². The van der Waals surface area contributed by atoms with Crippen molar-refractivity contribution in [1.29, 1.82) is 0 Å². The molecule has 6 nitrogen and oxygen atoms in total. The summed E-state index contributed by atoms with van der Waals surface area (Å²) in [6.07, 6.45) is 4.99. The fourth-order valence-corrected chi connectivity index (χ4v) is 4.44. The van der Waals surface area contributed by atoms with E-state index in [0.717, 1.165) is 48.1 Å². The van der Waals surface area contributed by atoms with Crippen LogP contribution >= 0.6 is 22.7 Å². The van der Waals surface area contributed by atoms with Crippen molar-refractivity contribution in [1.82, 2.24) is 15.0 Å². The van der Waals surface area contributed by atoms with Crippen LogP contribution in [0.25, 0.3) is 10.6 Å². The minimum Gasteiger partial charge on any atom is -0.459 e. The van der Waals surface area contributed by atoms with Crippen LogP contribution in [-0.2, 0) is 16.1 Å². The summed E-state index contributed by atoms with van der Waals surface area (Å²) in [4.78, 5) is 27.5. The number of thiazole rings is 1. The van der Waals surface area contributed by atoms with E-state index in [2.05, 4.69) is 25.2 Å². The predicted molar refractivity (Wildman–Crippen MR) is 102 cm³/mol. The largest absolute Gasteiger partial charge is 0.459 e. The molecule has 3 aromatic heterocycles. The third kappa shape index (κ3) is 3.91. The van der Waals surface area contributed by atoms with Crippen LogP contribution in [0.3, 0.4) is 0 Å². The molecule has 1 aliphatic heterocycles. The first-order valence-corrected chi connectivity index (χ1v) is 10.3. The Morgan fingerprint density at radius 3 is 2.77 bits per heavy atom. The van der Waals surface area contributed by atoms with E-state index >= 15 is 0 Å². The maximum Gasteiger partial charge on any atom is 0.309 e. The second-order valence-corrected chi connectivity index (χ2v) is 7.71. The summed E-state index contributed by atoms with van der Waals surface area (Å²) in [6.45, 7) is 1.77. The molecule has 1 fully saturated rings. The summed E-state index contributed by atoms with van der Waals surface area (Å²) < 4.78 is 5.50. The second-order valence-electron chi connectivity index (χ2n) is 6.07. The van der Waals surface area contributed by atoms with Crippen LogP contribution in [0.2, 0.25) is 0 Å². The highest BCUT2D eigenvalue weighted by molar-refractivity contribution is 7.14. The number of aromatic nitrogens is 3. The second kappa shape index (κ2) is 7.92. The average molecular weight is 387 g/mol. The Hall–Kier alpha value is -2.32. The average Bonchev–Trinajstić information content (AvgIpc) is 3.38. The first kappa shape index (κ1) is 17.1. The van der Waals surface area contributed by atoms with Gasteiger partial charge in [0.25, 0.3) is 0 Å². The Kier molecular flexibility index (Phi) is 5.21. The molecule has 0 radical (unpaired) electrons. The molecule has 0 unspecified atom stereocenters. The molecule has 0 aliphatic carbocycles. The Bertz CT molecular complexity index is 843. The van der Waals surface area contributed by atoms with Crippen LogP contribution in [0.5, 0.6) is 0 Å². The molecule has 26 heavy (non-hydrogen) atoms. The first-order valence-electron chi connectivity index (χ1n) is 8.45. The van der Waals surface area contributed by atoms with E-state index in [9.17, 15) is 4.79 Å². The smallest absolute Gasteiger partial charge is 0.309 e. The molecule has 0 atom stereocenters. The summed E-state index contributed by atoms with van der Waals surface area (Å²) in [7, 11) is 0. The molecule has 1 saturated heterocycles. The summed E-state index contributed by atoms with van der Waals surface area (Å²) >= 11 is 3.22. The van der Waals surface area contributed by atoms with Crippen molar-refractivity contribution in [3.8, 4) is 10.6 Å². The Balaban J connectivity index is 1.27. The van der Waals surface area contributed by atoms with Gasteiger partial charge in [0.15, 0.2) is 0 Å². The van der Waals surface area contributed by atoms with E-state index in [0.29, 0.717) is 0 Å². The molecule has 0 aromatic carbocycles. The quantitative estimate of drug-likeness (QED) is 0.624. The van der Waals surface area contributed by atoms with Gasteiger partial charge < -0.3 is 9.64 Å². The highest BCUT2D eigenvalue weighted by Gasteiger charge is 2.27. The SMILES string of the molecule is O=C(OCc1csc(-c2ccsc2)n1)C1CCN(c2ncccn2)CC1. The van der Waals surface area contributed by atoms with Gasteiger partial charge in [0.05, 0.1) is 11.6 Å². The molecular formula is C18H18N4O2S2. The van der Waals surface area contributed by atoms with Gasteiger partial charge in [-0.3, -0.25) is 4.79 Å². The normalized spacial score (nSPS) is 15.2. The highest BCUT2D eigenvalue weighted by Crippen LogP contribution is 2.26. The topological polar surface area (TPSA) is 68.2 Å². The number of thiophene rings is 1. The predicted octanol–water partition coefficient (Wildman–Crippen LogP) is 3.62. The number of carbonyl (C=O) groups excluding carboxylic acids is 1. The zero-order chi connectivity index (χ0) is 17.8.